The summed E-state index contributed by atoms with van der Waals surface area (Å²) >= 11 is 0. The maximum atomic E-state index is 12.2. The van der Waals surface area contributed by atoms with E-state index in [4.69, 9.17) is 10.5 Å². The maximum Gasteiger partial charge on any atom is 0.431 e. The van der Waals surface area contributed by atoms with Crippen molar-refractivity contribution in [3.8, 4) is 0 Å². The van der Waals surface area contributed by atoms with E-state index in [2.05, 4.69) is 39.2 Å². The molecule has 1 aromatic carbocycles. The molecule has 2 fully saturated rings. The number of hydrogen-bond acceptors (Lipinski definition) is 4. The van der Waals surface area contributed by atoms with Crippen molar-refractivity contribution in [2.45, 2.75) is 38.3 Å². The number of hydrogen-bond donors (Lipinski definition) is 2. The van der Waals surface area contributed by atoms with Gasteiger partial charge in [-0.2, -0.15) is 13.2 Å². The van der Waals surface area contributed by atoms with Gasteiger partial charge in [0.05, 0.1) is 5.39 Å². The van der Waals surface area contributed by atoms with Gasteiger partial charge in [-0.1, -0.05) is 24.3 Å². The second-order valence-corrected chi connectivity index (χ2v) is 9.26. The molecule has 8 heteroatoms. The predicted molar refractivity (Wildman–Crippen MR) is 116 cm³/mol. The van der Waals surface area contributed by atoms with Gasteiger partial charge in [0, 0.05) is 13.2 Å². The largest absolute Gasteiger partial charge is 0.431 e. The van der Waals surface area contributed by atoms with Crippen molar-refractivity contribution < 1.29 is 17.9 Å². The summed E-state index contributed by atoms with van der Waals surface area (Å²) in [6, 6.07) is 9.96. The Hall–Kier alpha value is -2.61. The molecule has 0 bridgehead atoms. The molecule has 2 aliphatic carbocycles. The van der Waals surface area contributed by atoms with E-state index in [1.165, 1.54) is 32.1 Å². The van der Waals surface area contributed by atoms with E-state index < -0.39 is 11.9 Å². The molecule has 0 radical (unpaired) electrons. The lowest BCUT2D eigenvalue weighted by Gasteiger charge is -2.29. The third-order valence-electron chi connectivity index (χ3n) is 7.36. The topological polar surface area (TPSA) is 76.8 Å². The molecule has 6 rings (SSSR count). The lowest BCUT2D eigenvalue weighted by Crippen LogP contribution is -2.21. The molecule has 3 atom stereocenters. The fourth-order valence-electron chi connectivity index (χ4n) is 5.66. The molecule has 32 heavy (non-hydrogen) atoms. The number of rotatable bonds is 1. The van der Waals surface area contributed by atoms with Crippen LogP contribution in [0, 0.1) is 23.7 Å². The summed E-state index contributed by atoms with van der Waals surface area (Å²) in [7, 11) is 0. The van der Waals surface area contributed by atoms with Crippen LogP contribution in [-0.2, 0) is 23.8 Å². The van der Waals surface area contributed by atoms with Crippen molar-refractivity contribution in [2.75, 3.05) is 18.9 Å². The molecule has 3 aromatic rings. The number of nitrogens with two attached hydrogens (primary N) is 1. The number of aromatic amines is 1. The van der Waals surface area contributed by atoms with Gasteiger partial charge in [0.25, 0.3) is 0 Å². The minimum absolute atomic E-state index is 0.0294. The molecule has 1 aliphatic heterocycles. The summed E-state index contributed by atoms with van der Waals surface area (Å²) in [4.78, 5) is 9.33. The Morgan fingerprint density at radius 1 is 0.969 bits per heavy atom. The Balaban J connectivity index is 0.000000140. The molecule has 0 amide bonds. The lowest BCUT2D eigenvalue weighted by molar-refractivity contribution is -0.140. The van der Waals surface area contributed by atoms with Crippen molar-refractivity contribution in [2.24, 2.45) is 23.7 Å². The van der Waals surface area contributed by atoms with Gasteiger partial charge in [0.2, 0.25) is 0 Å². The molecule has 0 spiro atoms. The third kappa shape index (κ3) is 4.20. The number of aromatic nitrogens is 3. The number of H-pyrrole nitrogens is 1. The van der Waals surface area contributed by atoms with Crippen LogP contribution in [0.4, 0.5) is 19.0 Å². The number of nitrogens with one attached hydrogen (secondary N) is 1. The molecule has 3 heterocycles. The van der Waals surface area contributed by atoms with E-state index in [-0.39, 0.29) is 16.9 Å². The third-order valence-corrected chi connectivity index (χ3v) is 7.36. The Kier molecular flexibility index (Phi) is 5.57. The van der Waals surface area contributed by atoms with E-state index in [9.17, 15) is 13.2 Å². The SMILES string of the molecule is Nc1ncnc2[nH]c(C(F)(F)F)cc12.c1ccc2c(c1)CCC(C1CC3COCC3C1)C2. The van der Waals surface area contributed by atoms with Crippen LogP contribution in [0.15, 0.2) is 36.7 Å². The Labute approximate surface area is 184 Å². The minimum atomic E-state index is -4.42. The van der Waals surface area contributed by atoms with E-state index in [1.54, 1.807) is 11.1 Å². The first-order valence-electron chi connectivity index (χ1n) is 11.2. The maximum absolute atomic E-state index is 12.2. The van der Waals surface area contributed by atoms with Crippen LogP contribution in [0.5, 0.6) is 0 Å². The predicted octanol–water partition coefficient (Wildman–Crippen LogP) is 5.02. The summed E-state index contributed by atoms with van der Waals surface area (Å²) in [5.41, 5.74) is 7.82. The molecular weight excluding hydrogens is 417 g/mol. The van der Waals surface area contributed by atoms with Crippen molar-refractivity contribution >= 4 is 16.9 Å². The van der Waals surface area contributed by atoms with Gasteiger partial charge < -0.3 is 15.5 Å². The van der Waals surface area contributed by atoms with Crippen LogP contribution < -0.4 is 5.73 Å². The van der Waals surface area contributed by atoms with Gasteiger partial charge in [-0.3, -0.25) is 0 Å². The van der Waals surface area contributed by atoms with E-state index in [0.717, 1.165) is 49.3 Å². The van der Waals surface area contributed by atoms with Crippen LogP contribution in [0.3, 0.4) is 0 Å². The second-order valence-electron chi connectivity index (χ2n) is 9.26. The smallest absolute Gasteiger partial charge is 0.383 e. The van der Waals surface area contributed by atoms with Gasteiger partial charge in [-0.15, -0.1) is 0 Å². The fraction of sp³-hybridized carbons (Fsp3) is 0.500. The number of aryl methyl sites for hydroxylation is 1. The zero-order valence-corrected chi connectivity index (χ0v) is 17.7. The molecule has 3 N–H and O–H groups in total. The number of anilines is 1. The molecule has 170 valence electrons. The van der Waals surface area contributed by atoms with Crippen LogP contribution in [0.2, 0.25) is 0 Å². The van der Waals surface area contributed by atoms with Crippen LogP contribution in [0.1, 0.15) is 36.1 Å². The average molecular weight is 445 g/mol. The first-order chi connectivity index (χ1) is 15.4. The average Bonchev–Trinajstić information content (AvgIpc) is 3.48. The molecule has 2 aromatic heterocycles. The van der Waals surface area contributed by atoms with Crippen molar-refractivity contribution in [3.63, 3.8) is 0 Å². The molecule has 1 saturated heterocycles. The number of halogens is 3. The van der Waals surface area contributed by atoms with Gasteiger partial charge in [0.15, 0.2) is 0 Å². The highest BCUT2D eigenvalue weighted by Crippen LogP contribution is 2.46. The van der Waals surface area contributed by atoms with Crippen molar-refractivity contribution in [1.29, 1.82) is 0 Å². The molecule has 1 saturated carbocycles. The highest BCUT2D eigenvalue weighted by Gasteiger charge is 2.41. The summed E-state index contributed by atoms with van der Waals surface area (Å²) in [6.45, 7) is 2.09. The standard InChI is InChI=1S/C17H22O.C7H5F3N4/c1-2-4-13-7-14(6-5-12(13)3-1)15-8-16-10-18-11-17(16)9-15;8-7(9,10)4-1-3-5(11)12-2-13-6(3)14-4/h1-4,14-17H,5-11H2;1-2H,(H3,11,12,13,14). The summed E-state index contributed by atoms with van der Waals surface area (Å²) in [5.74, 6) is 3.75. The van der Waals surface area contributed by atoms with Crippen LogP contribution in [-0.4, -0.2) is 28.2 Å². The monoisotopic (exact) mass is 444 g/mol. The highest BCUT2D eigenvalue weighted by molar-refractivity contribution is 5.86. The van der Waals surface area contributed by atoms with Crippen LogP contribution >= 0.6 is 0 Å². The Morgan fingerprint density at radius 3 is 2.38 bits per heavy atom. The van der Waals surface area contributed by atoms with Gasteiger partial charge in [-0.05, 0) is 73.0 Å². The van der Waals surface area contributed by atoms with Crippen molar-refractivity contribution in [3.05, 3.63) is 53.5 Å². The number of fused-ring (bicyclic) bond motifs is 3. The molecule has 5 nitrogen and oxygen atoms in total. The number of alkyl halides is 3. The number of nitrogens with zero attached hydrogens (tertiary/aromatic N) is 2. The zero-order chi connectivity index (χ0) is 22.3. The van der Waals surface area contributed by atoms with Gasteiger partial charge >= 0.3 is 6.18 Å². The van der Waals surface area contributed by atoms with E-state index in [1.807, 2.05) is 0 Å². The second kappa shape index (κ2) is 8.39. The van der Waals surface area contributed by atoms with Gasteiger partial charge in [0.1, 0.15) is 23.5 Å². The van der Waals surface area contributed by atoms with E-state index in [0.29, 0.717) is 0 Å². The zero-order valence-electron chi connectivity index (χ0n) is 17.7. The Bertz CT molecular complexity index is 1080. The first-order valence-corrected chi connectivity index (χ1v) is 11.2. The number of benzene rings is 1. The van der Waals surface area contributed by atoms with Crippen LogP contribution in [0.25, 0.3) is 11.0 Å². The molecule has 3 unspecified atom stereocenters. The summed E-state index contributed by atoms with van der Waals surface area (Å²) in [6.07, 6.45) is 3.63. The van der Waals surface area contributed by atoms with Gasteiger partial charge in [-0.25, -0.2) is 9.97 Å². The Morgan fingerprint density at radius 2 is 1.69 bits per heavy atom. The van der Waals surface area contributed by atoms with Crippen molar-refractivity contribution in [1.82, 2.24) is 15.0 Å². The lowest BCUT2D eigenvalue weighted by atomic mass is 9.76. The molecule has 3 aliphatic rings. The normalized spacial score (nSPS) is 27.0. The molecular formula is C24H27F3N4O. The quantitative estimate of drug-likeness (QED) is 0.552. The number of nitrogen functional groups attached to an aromatic ring is 1. The fourth-order valence-corrected chi connectivity index (χ4v) is 5.66. The highest BCUT2D eigenvalue weighted by atomic mass is 19.4. The van der Waals surface area contributed by atoms with E-state index >= 15 is 0 Å². The number of ether oxygens (including phenoxy) is 1. The summed E-state index contributed by atoms with van der Waals surface area (Å²) < 4.78 is 42.3. The first kappa shape index (κ1) is 21.2. The summed E-state index contributed by atoms with van der Waals surface area (Å²) in [5, 5.41) is 0.180. The minimum Gasteiger partial charge on any atom is -0.383 e.